The van der Waals surface area contributed by atoms with E-state index in [0.29, 0.717) is 6.04 Å². The average Bonchev–Trinajstić information content (AvgIpc) is 2.25. The van der Waals surface area contributed by atoms with Crippen LogP contribution in [0, 0.1) is 0 Å². The highest BCUT2D eigenvalue weighted by Gasteiger charge is 2.10. The lowest BCUT2D eigenvalue weighted by Gasteiger charge is -2.22. The summed E-state index contributed by atoms with van der Waals surface area (Å²) in [6.45, 7) is 4.31. The van der Waals surface area contributed by atoms with Gasteiger partial charge in [-0.2, -0.15) is 0 Å². The summed E-state index contributed by atoms with van der Waals surface area (Å²) in [7, 11) is 4.22. The zero-order valence-electron chi connectivity index (χ0n) is 11.0. The summed E-state index contributed by atoms with van der Waals surface area (Å²) in [6.07, 6.45) is 2.19. The lowest BCUT2D eigenvalue weighted by atomic mass is 10.1. The molecule has 1 unspecified atom stereocenters. The number of hydrogen-bond acceptors (Lipinski definition) is 2. The topological polar surface area (TPSA) is 15.3 Å². The predicted molar refractivity (Wildman–Crippen MR) is 75.8 cm³/mol. The van der Waals surface area contributed by atoms with E-state index < -0.39 is 0 Å². The lowest BCUT2D eigenvalue weighted by Crippen LogP contribution is -2.40. The second-order valence-electron chi connectivity index (χ2n) is 4.75. The molecule has 1 atom stereocenters. The molecule has 0 saturated carbocycles. The first-order valence-corrected chi connectivity index (χ1v) is 6.62. The van der Waals surface area contributed by atoms with Crippen molar-refractivity contribution in [2.24, 2.45) is 0 Å². The van der Waals surface area contributed by atoms with Crippen molar-refractivity contribution in [3.63, 3.8) is 0 Å². The van der Waals surface area contributed by atoms with E-state index in [-0.39, 0.29) is 0 Å². The van der Waals surface area contributed by atoms with Crippen LogP contribution in [-0.4, -0.2) is 38.1 Å². The van der Waals surface area contributed by atoms with Gasteiger partial charge in [0.25, 0.3) is 0 Å². The van der Waals surface area contributed by atoms with Gasteiger partial charge in [-0.1, -0.05) is 30.7 Å². The van der Waals surface area contributed by atoms with Gasteiger partial charge in [-0.3, -0.25) is 0 Å². The van der Waals surface area contributed by atoms with Crippen LogP contribution >= 0.6 is 11.6 Å². The molecule has 1 aromatic rings. The smallest absolute Gasteiger partial charge is 0.0408 e. The van der Waals surface area contributed by atoms with Crippen LogP contribution in [0.2, 0.25) is 5.02 Å². The molecule has 0 spiro atoms. The first kappa shape index (κ1) is 14.5. The normalized spacial score (nSPS) is 13.0. The van der Waals surface area contributed by atoms with Gasteiger partial charge in [0.15, 0.2) is 0 Å². The second-order valence-corrected chi connectivity index (χ2v) is 5.18. The van der Waals surface area contributed by atoms with E-state index in [4.69, 9.17) is 11.6 Å². The number of likely N-dealkylation sites (N-methyl/N-ethyl adjacent to an activating group) is 1. The minimum absolute atomic E-state index is 0.489. The Hall–Kier alpha value is -0.570. The van der Waals surface area contributed by atoms with Crippen LogP contribution in [0.25, 0.3) is 0 Å². The third-order valence-corrected chi connectivity index (χ3v) is 2.87. The summed E-state index contributed by atoms with van der Waals surface area (Å²) >= 11 is 6.01. The Morgan fingerprint density at radius 1 is 1.35 bits per heavy atom. The van der Waals surface area contributed by atoms with Crippen LogP contribution in [0.3, 0.4) is 0 Å². The maximum atomic E-state index is 6.01. The molecule has 0 saturated heterocycles. The third-order valence-electron chi connectivity index (χ3n) is 2.64. The largest absolute Gasteiger partial charge is 0.312 e. The maximum Gasteiger partial charge on any atom is 0.0408 e. The van der Waals surface area contributed by atoms with E-state index in [2.05, 4.69) is 43.4 Å². The van der Waals surface area contributed by atoms with E-state index in [0.717, 1.165) is 24.5 Å². The van der Waals surface area contributed by atoms with E-state index in [1.807, 2.05) is 12.1 Å². The highest BCUT2D eigenvalue weighted by Crippen LogP contribution is 2.12. The highest BCUT2D eigenvalue weighted by atomic mass is 35.5. The van der Waals surface area contributed by atoms with E-state index >= 15 is 0 Å². The van der Waals surface area contributed by atoms with E-state index in [1.54, 1.807) is 0 Å². The second kappa shape index (κ2) is 7.70. The molecule has 3 heteroatoms. The van der Waals surface area contributed by atoms with Crippen LogP contribution in [-0.2, 0) is 6.42 Å². The molecule has 1 rings (SSSR count). The summed E-state index contributed by atoms with van der Waals surface area (Å²) in [6, 6.07) is 8.62. The average molecular weight is 255 g/mol. The molecule has 2 nitrogen and oxygen atoms in total. The third kappa shape index (κ3) is 6.06. The van der Waals surface area contributed by atoms with Crippen molar-refractivity contribution in [3.8, 4) is 0 Å². The van der Waals surface area contributed by atoms with Crippen LogP contribution in [0.15, 0.2) is 24.3 Å². The van der Waals surface area contributed by atoms with E-state index in [1.165, 1.54) is 12.0 Å². The quantitative estimate of drug-likeness (QED) is 0.805. The Morgan fingerprint density at radius 3 is 2.71 bits per heavy atom. The number of rotatable bonds is 7. The van der Waals surface area contributed by atoms with Crippen LogP contribution in [0.4, 0.5) is 0 Å². The van der Waals surface area contributed by atoms with E-state index in [9.17, 15) is 0 Å². The van der Waals surface area contributed by atoms with Gasteiger partial charge in [0.1, 0.15) is 0 Å². The fourth-order valence-electron chi connectivity index (χ4n) is 1.94. The number of hydrogen-bond donors (Lipinski definition) is 1. The minimum atomic E-state index is 0.489. The SMILES string of the molecule is CCCNC(Cc1cccc(Cl)c1)CN(C)C. The van der Waals surface area contributed by atoms with Crippen LogP contribution < -0.4 is 5.32 Å². The highest BCUT2D eigenvalue weighted by molar-refractivity contribution is 6.30. The molecule has 0 aromatic heterocycles. The van der Waals surface area contributed by atoms with Gasteiger partial charge >= 0.3 is 0 Å². The number of nitrogens with zero attached hydrogens (tertiary/aromatic N) is 1. The fourth-order valence-corrected chi connectivity index (χ4v) is 2.15. The number of nitrogens with one attached hydrogen (secondary N) is 1. The molecule has 17 heavy (non-hydrogen) atoms. The van der Waals surface area contributed by atoms with Crippen molar-refractivity contribution < 1.29 is 0 Å². The molecule has 0 aliphatic rings. The Balaban J connectivity index is 2.58. The summed E-state index contributed by atoms with van der Waals surface area (Å²) in [5.41, 5.74) is 1.30. The molecule has 0 aliphatic carbocycles. The van der Waals surface area contributed by atoms with Crippen LogP contribution in [0.1, 0.15) is 18.9 Å². The first-order chi connectivity index (χ1) is 8.11. The fraction of sp³-hybridized carbons (Fsp3) is 0.571. The minimum Gasteiger partial charge on any atom is -0.312 e. The zero-order chi connectivity index (χ0) is 12.7. The van der Waals surface area contributed by atoms with Crippen molar-refractivity contribution in [3.05, 3.63) is 34.9 Å². The van der Waals surface area contributed by atoms with Gasteiger partial charge in [-0.25, -0.2) is 0 Å². The molecule has 96 valence electrons. The van der Waals surface area contributed by atoms with Gasteiger partial charge < -0.3 is 10.2 Å². The van der Waals surface area contributed by atoms with Crippen molar-refractivity contribution in [2.45, 2.75) is 25.8 Å². The van der Waals surface area contributed by atoms with Crippen molar-refractivity contribution in [2.75, 3.05) is 27.2 Å². The summed E-state index contributed by atoms with van der Waals surface area (Å²) in [5, 5.41) is 4.40. The molecule has 0 amide bonds. The Labute approximate surface area is 110 Å². The standard InChI is InChI=1S/C14H23ClN2/c1-4-8-16-14(11-17(2)3)10-12-6-5-7-13(15)9-12/h5-7,9,14,16H,4,8,10-11H2,1-3H3. The Bertz CT molecular complexity index is 326. The molecule has 1 N–H and O–H groups in total. The van der Waals surface area contributed by atoms with Gasteiger partial charge in [-0.05, 0) is 51.2 Å². The molecular weight excluding hydrogens is 232 g/mol. The van der Waals surface area contributed by atoms with Crippen molar-refractivity contribution in [1.29, 1.82) is 0 Å². The Kier molecular flexibility index (Phi) is 6.56. The number of benzene rings is 1. The van der Waals surface area contributed by atoms with Gasteiger partial charge in [-0.15, -0.1) is 0 Å². The zero-order valence-corrected chi connectivity index (χ0v) is 11.8. The molecule has 0 fully saturated rings. The monoisotopic (exact) mass is 254 g/mol. The van der Waals surface area contributed by atoms with Crippen molar-refractivity contribution >= 4 is 11.6 Å². The molecule has 0 heterocycles. The molecule has 0 bridgehead atoms. The molecule has 1 aromatic carbocycles. The van der Waals surface area contributed by atoms with Crippen LogP contribution in [0.5, 0.6) is 0 Å². The van der Waals surface area contributed by atoms with Gasteiger partial charge in [0.05, 0.1) is 0 Å². The lowest BCUT2D eigenvalue weighted by molar-refractivity contribution is 0.336. The van der Waals surface area contributed by atoms with Crippen molar-refractivity contribution in [1.82, 2.24) is 10.2 Å². The summed E-state index contributed by atoms with van der Waals surface area (Å²) < 4.78 is 0. The van der Waals surface area contributed by atoms with Gasteiger partial charge in [0, 0.05) is 17.6 Å². The summed E-state index contributed by atoms with van der Waals surface area (Å²) in [5.74, 6) is 0. The summed E-state index contributed by atoms with van der Waals surface area (Å²) in [4.78, 5) is 2.22. The first-order valence-electron chi connectivity index (χ1n) is 6.24. The molecular formula is C14H23ClN2. The maximum absolute atomic E-state index is 6.01. The molecule has 0 radical (unpaired) electrons. The number of halogens is 1. The Morgan fingerprint density at radius 2 is 2.12 bits per heavy atom. The van der Waals surface area contributed by atoms with Gasteiger partial charge in [0.2, 0.25) is 0 Å². The predicted octanol–water partition coefficient (Wildman–Crippen LogP) is 2.81. The molecule has 0 aliphatic heterocycles.